The number of aliphatic hydroxyl groups is 1. The van der Waals surface area contributed by atoms with Crippen LogP contribution in [-0.4, -0.2) is 32.9 Å². The second-order valence-electron chi connectivity index (χ2n) is 9.39. The second kappa shape index (κ2) is 8.33. The van der Waals surface area contributed by atoms with Crippen LogP contribution in [0.2, 0.25) is 0 Å². The molecule has 33 heavy (non-hydrogen) atoms. The lowest BCUT2D eigenvalue weighted by molar-refractivity contribution is 0.0687. The molecule has 0 radical (unpaired) electrons. The molecular weight excluding hydrogens is 418 g/mol. The summed E-state index contributed by atoms with van der Waals surface area (Å²) in [6.45, 7) is 6.58. The molecule has 3 N–H and O–H groups in total. The summed E-state index contributed by atoms with van der Waals surface area (Å²) in [6.07, 6.45) is 1.88. The summed E-state index contributed by atoms with van der Waals surface area (Å²) in [5, 5.41) is 35.6. The Balaban J connectivity index is 1.76. The van der Waals surface area contributed by atoms with Crippen LogP contribution in [-0.2, 0) is 18.6 Å². The van der Waals surface area contributed by atoms with Gasteiger partial charge in [-0.05, 0) is 40.8 Å². The van der Waals surface area contributed by atoms with Crippen molar-refractivity contribution in [1.29, 1.82) is 0 Å². The summed E-state index contributed by atoms with van der Waals surface area (Å²) >= 11 is 0. The molecule has 0 unspecified atom stereocenters. The molecule has 0 atom stereocenters. The Morgan fingerprint density at radius 2 is 1.82 bits per heavy atom. The standard InChI is InChI=1S/C26H28N3O4/c1-26(2,3)16-8-10-17(11-9-16)27-22-7-5-6-18(21(22)15-30)20-13-28(4)14-24-19(20)12-23(25(31)32)29(24)33/h5-13,27,30H,14-15H2,1-4H3,(H,31,32)/q-1. The lowest BCUT2D eigenvalue weighted by atomic mass is 9.87. The van der Waals surface area contributed by atoms with Crippen LogP contribution in [0.5, 0.6) is 0 Å². The third kappa shape index (κ3) is 4.19. The third-order valence-corrected chi connectivity index (χ3v) is 5.97. The maximum Gasteiger partial charge on any atom is 0.352 e. The first-order valence-electron chi connectivity index (χ1n) is 10.8. The Bertz CT molecular complexity index is 1230. The number of carboxylic acid groups (broad SMARTS) is 1. The number of aromatic carboxylic acids is 1. The number of rotatable bonds is 5. The molecule has 0 amide bonds. The van der Waals surface area contributed by atoms with Gasteiger partial charge in [0.1, 0.15) is 5.69 Å². The zero-order valence-corrected chi connectivity index (χ0v) is 19.2. The van der Waals surface area contributed by atoms with Gasteiger partial charge in [-0.25, -0.2) is 4.79 Å². The number of anilines is 2. The molecule has 7 nitrogen and oxygen atoms in total. The monoisotopic (exact) mass is 446 g/mol. The highest BCUT2D eigenvalue weighted by Gasteiger charge is 2.25. The third-order valence-electron chi connectivity index (χ3n) is 5.97. The van der Waals surface area contributed by atoms with E-state index in [0.29, 0.717) is 33.7 Å². The van der Waals surface area contributed by atoms with Crippen LogP contribution < -0.4 is 5.32 Å². The molecule has 0 saturated carbocycles. The highest BCUT2D eigenvalue weighted by molar-refractivity contribution is 5.92. The SMILES string of the molecule is CN1C=C(c2cccc(Nc3ccc(C(C)(C)C)cc3)c2CO)c2cc(C(=O)O)n([O-])c2C1. The number of benzene rings is 2. The number of hydrogen-bond acceptors (Lipinski definition) is 5. The largest absolute Gasteiger partial charge is 0.805 e. The van der Waals surface area contributed by atoms with Crippen molar-refractivity contribution in [2.75, 3.05) is 12.4 Å². The molecule has 172 valence electrons. The van der Waals surface area contributed by atoms with Crippen molar-refractivity contribution in [3.63, 3.8) is 0 Å². The summed E-state index contributed by atoms with van der Waals surface area (Å²) < 4.78 is 0.485. The molecule has 2 heterocycles. The maximum absolute atomic E-state index is 12.6. The first-order chi connectivity index (χ1) is 15.6. The Labute approximate surface area is 193 Å². The summed E-state index contributed by atoms with van der Waals surface area (Å²) in [7, 11) is 1.83. The van der Waals surface area contributed by atoms with Crippen molar-refractivity contribution in [1.82, 2.24) is 9.63 Å². The topological polar surface area (TPSA) is 101 Å². The highest BCUT2D eigenvalue weighted by atomic mass is 16.5. The predicted molar refractivity (Wildman–Crippen MR) is 129 cm³/mol. The summed E-state index contributed by atoms with van der Waals surface area (Å²) in [5.41, 5.74) is 5.67. The number of aromatic nitrogens is 1. The lowest BCUT2D eigenvalue weighted by Crippen LogP contribution is -2.20. The minimum atomic E-state index is -1.27. The van der Waals surface area contributed by atoms with Gasteiger partial charge < -0.3 is 30.4 Å². The van der Waals surface area contributed by atoms with Gasteiger partial charge in [0.05, 0.1) is 13.2 Å². The molecule has 0 fully saturated rings. The summed E-state index contributed by atoms with van der Waals surface area (Å²) in [5.74, 6) is -1.27. The second-order valence-corrected chi connectivity index (χ2v) is 9.39. The van der Waals surface area contributed by atoms with E-state index in [1.54, 1.807) is 0 Å². The zero-order valence-electron chi connectivity index (χ0n) is 19.2. The van der Waals surface area contributed by atoms with Gasteiger partial charge in [0.25, 0.3) is 0 Å². The van der Waals surface area contributed by atoms with Gasteiger partial charge in [0.2, 0.25) is 0 Å². The van der Waals surface area contributed by atoms with Crippen molar-refractivity contribution >= 4 is 22.9 Å². The number of hydrogen-bond donors (Lipinski definition) is 3. The first kappa shape index (κ1) is 22.5. The normalized spacial score (nSPS) is 13.5. The average Bonchev–Trinajstić information content (AvgIpc) is 3.09. The van der Waals surface area contributed by atoms with E-state index in [1.807, 2.05) is 48.5 Å². The Kier molecular flexibility index (Phi) is 5.68. The van der Waals surface area contributed by atoms with Gasteiger partial charge >= 0.3 is 5.97 Å². The highest BCUT2D eigenvalue weighted by Crippen LogP contribution is 2.37. The number of carboxylic acids is 1. The average molecular weight is 447 g/mol. The lowest BCUT2D eigenvalue weighted by Gasteiger charge is -2.28. The van der Waals surface area contributed by atoms with E-state index >= 15 is 0 Å². The Morgan fingerprint density at radius 1 is 1.12 bits per heavy atom. The zero-order chi connectivity index (χ0) is 23.9. The van der Waals surface area contributed by atoms with Crippen LogP contribution in [0.1, 0.15) is 59.2 Å². The molecule has 0 bridgehead atoms. The van der Waals surface area contributed by atoms with E-state index in [4.69, 9.17) is 0 Å². The van der Waals surface area contributed by atoms with E-state index in [1.165, 1.54) is 11.6 Å². The van der Waals surface area contributed by atoms with Crippen LogP contribution in [0.25, 0.3) is 5.57 Å². The molecule has 1 aromatic heterocycles. The predicted octanol–water partition coefficient (Wildman–Crippen LogP) is 4.90. The number of aliphatic hydroxyl groups excluding tert-OH is 1. The Morgan fingerprint density at radius 3 is 2.42 bits per heavy atom. The Hall–Kier alpha value is -3.71. The fourth-order valence-corrected chi connectivity index (χ4v) is 4.19. The van der Waals surface area contributed by atoms with Crippen LogP contribution in [0.15, 0.2) is 54.7 Å². The number of carbonyl (C=O) groups is 1. The van der Waals surface area contributed by atoms with Gasteiger partial charge in [0.15, 0.2) is 0 Å². The smallest absolute Gasteiger partial charge is 0.352 e. The maximum atomic E-state index is 12.6. The number of nitrogens with one attached hydrogen (secondary N) is 1. The molecule has 3 aromatic rings. The van der Waals surface area contributed by atoms with Crippen molar-refractivity contribution in [2.24, 2.45) is 0 Å². The van der Waals surface area contributed by atoms with E-state index in [0.717, 1.165) is 16.9 Å². The van der Waals surface area contributed by atoms with Crippen molar-refractivity contribution in [2.45, 2.75) is 39.3 Å². The minimum absolute atomic E-state index is 0.0542. The van der Waals surface area contributed by atoms with E-state index in [2.05, 4.69) is 38.2 Å². The van der Waals surface area contributed by atoms with Crippen molar-refractivity contribution in [3.05, 3.63) is 93.6 Å². The molecular formula is C26H28N3O4-. The summed E-state index contributed by atoms with van der Waals surface area (Å²) in [6, 6.07) is 15.2. The molecule has 0 aliphatic carbocycles. The van der Waals surface area contributed by atoms with Crippen molar-refractivity contribution < 1.29 is 15.0 Å². The molecule has 0 saturated heterocycles. The number of nitrogens with zero attached hydrogens (tertiary/aromatic N) is 2. The molecule has 4 rings (SSSR count). The molecule has 0 spiro atoms. The van der Waals surface area contributed by atoms with Gasteiger partial charge in [-0.2, -0.15) is 0 Å². The van der Waals surface area contributed by atoms with Crippen LogP contribution >= 0.6 is 0 Å². The van der Waals surface area contributed by atoms with Crippen LogP contribution in [0.3, 0.4) is 0 Å². The molecule has 1 aliphatic rings. The summed E-state index contributed by atoms with van der Waals surface area (Å²) in [4.78, 5) is 13.4. The van der Waals surface area contributed by atoms with Crippen LogP contribution in [0.4, 0.5) is 11.4 Å². The molecule has 1 aliphatic heterocycles. The van der Waals surface area contributed by atoms with E-state index in [9.17, 15) is 20.2 Å². The minimum Gasteiger partial charge on any atom is -0.805 e. The van der Waals surface area contributed by atoms with Gasteiger partial charge in [-0.3, -0.25) is 0 Å². The van der Waals surface area contributed by atoms with Gasteiger partial charge in [0, 0.05) is 47.0 Å². The van der Waals surface area contributed by atoms with Gasteiger partial charge in [-0.15, -0.1) is 0 Å². The van der Waals surface area contributed by atoms with E-state index in [-0.39, 0.29) is 17.7 Å². The fourth-order valence-electron chi connectivity index (χ4n) is 4.19. The van der Waals surface area contributed by atoms with Crippen LogP contribution in [0, 0.1) is 5.21 Å². The number of fused-ring (bicyclic) bond motifs is 1. The molecule has 7 heteroatoms. The van der Waals surface area contributed by atoms with Crippen molar-refractivity contribution in [3.8, 4) is 0 Å². The quantitative estimate of drug-likeness (QED) is 0.515. The molecule has 2 aromatic carbocycles. The fraction of sp³-hybridized carbons (Fsp3) is 0.269. The van der Waals surface area contributed by atoms with Gasteiger partial charge in [-0.1, -0.05) is 45.0 Å². The van der Waals surface area contributed by atoms with E-state index < -0.39 is 5.97 Å². The first-order valence-corrected chi connectivity index (χ1v) is 10.8.